The van der Waals surface area contributed by atoms with Gasteiger partial charge in [-0.1, -0.05) is 13.8 Å². The SMILES string of the molecule is CCCNc1nc(CN2CCCC(C)C2)nc2sccc12. The molecule has 1 saturated heterocycles. The number of rotatable bonds is 5. The van der Waals surface area contributed by atoms with Gasteiger partial charge >= 0.3 is 0 Å². The maximum Gasteiger partial charge on any atom is 0.146 e. The van der Waals surface area contributed by atoms with E-state index in [1.807, 2.05) is 0 Å². The smallest absolute Gasteiger partial charge is 0.146 e. The lowest BCUT2D eigenvalue weighted by molar-refractivity contribution is 0.173. The normalized spacial score (nSPS) is 20.0. The first-order chi connectivity index (χ1) is 10.3. The Morgan fingerprint density at radius 2 is 2.33 bits per heavy atom. The van der Waals surface area contributed by atoms with E-state index >= 15 is 0 Å². The molecule has 114 valence electrons. The average Bonchev–Trinajstić information content (AvgIpc) is 2.93. The third-order valence-electron chi connectivity index (χ3n) is 4.02. The van der Waals surface area contributed by atoms with Crippen LogP contribution in [0.5, 0.6) is 0 Å². The molecule has 1 atom stereocenters. The number of aromatic nitrogens is 2. The Morgan fingerprint density at radius 1 is 1.43 bits per heavy atom. The van der Waals surface area contributed by atoms with Crippen molar-refractivity contribution in [3.05, 3.63) is 17.3 Å². The van der Waals surface area contributed by atoms with Gasteiger partial charge in [-0.15, -0.1) is 11.3 Å². The summed E-state index contributed by atoms with van der Waals surface area (Å²) in [6.07, 6.45) is 3.75. The van der Waals surface area contributed by atoms with Crippen molar-refractivity contribution in [3.8, 4) is 0 Å². The van der Waals surface area contributed by atoms with Crippen molar-refractivity contribution < 1.29 is 0 Å². The standard InChI is InChI=1S/C16H24N4S/c1-3-7-17-15-13-6-9-21-16(13)19-14(18-15)11-20-8-4-5-12(2)10-20/h6,9,12H,3-5,7-8,10-11H2,1-2H3,(H,17,18,19). The summed E-state index contributed by atoms with van der Waals surface area (Å²) in [6.45, 7) is 8.69. The largest absolute Gasteiger partial charge is 0.369 e. The number of nitrogens with zero attached hydrogens (tertiary/aromatic N) is 3. The molecule has 3 rings (SSSR count). The van der Waals surface area contributed by atoms with Crippen LogP contribution in [0.25, 0.3) is 10.2 Å². The van der Waals surface area contributed by atoms with Gasteiger partial charge in [0.05, 0.1) is 11.9 Å². The molecule has 5 heteroatoms. The third kappa shape index (κ3) is 3.52. The maximum atomic E-state index is 4.77. The van der Waals surface area contributed by atoms with Crippen LogP contribution in [0, 0.1) is 5.92 Å². The summed E-state index contributed by atoms with van der Waals surface area (Å²) >= 11 is 1.70. The molecule has 0 bridgehead atoms. The quantitative estimate of drug-likeness (QED) is 0.913. The van der Waals surface area contributed by atoms with E-state index in [9.17, 15) is 0 Å². The first-order valence-corrected chi connectivity index (χ1v) is 8.84. The Bertz CT molecular complexity index is 595. The fourth-order valence-corrected chi connectivity index (χ4v) is 3.76. The Kier molecular flexibility index (Phi) is 4.70. The van der Waals surface area contributed by atoms with E-state index in [4.69, 9.17) is 9.97 Å². The lowest BCUT2D eigenvalue weighted by Gasteiger charge is -2.30. The van der Waals surface area contributed by atoms with Gasteiger partial charge in [0.25, 0.3) is 0 Å². The van der Waals surface area contributed by atoms with Gasteiger partial charge in [-0.05, 0) is 43.2 Å². The number of hydrogen-bond donors (Lipinski definition) is 1. The monoisotopic (exact) mass is 304 g/mol. The number of nitrogens with one attached hydrogen (secondary N) is 1. The molecule has 21 heavy (non-hydrogen) atoms. The van der Waals surface area contributed by atoms with Gasteiger partial charge in [-0.25, -0.2) is 9.97 Å². The highest BCUT2D eigenvalue weighted by atomic mass is 32.1. The fourth-order valence-electron chi connectivity index (χ4n) is 2.98. The molecule has 4 nitrogen and oxygen atoms in total. The first kappa shape index (κ1) is 14.7. The Balaban J connectivity index is 1.81. The second-order valence-corrected chi connectivity index (χ2v) is 6.93. The van der Waals surface area contributed by atoms with Crippen LogP contribution in [0.15, 0.2) is 11.4 Å². The molecule has 1 aliphatic heterocycles. The van der Waals surface area contributed by atoms with E-state index in [1.165, 1.54) is 25.9 Å². The van der Waals surface area contributed by atoms with Crippen LogP contribution in [0.2, 0.25) is 0 Å². The third-order valence-corrected chi connectivity index (χ3v) is 4.83. The molecule has 0 saturated carbocycles. The molecule has 0 aliphatic carbocycles. The minimum Gasteiger partial charge on any atom is -0.369 e. The molecule has 0 radical (unpaired) electrons. The van der Waals surface area contributed by atoms with Crippen molar-refractivity contribution in [2.24, 2.45) is 5.92 Å². The van der Waals surface area contributed by atoms with E-state index in [1.54, 1.807) is 11.3 Å². The number of likely N-dealkylation sites (tertiary alicyclic amines) is 1. The van der Waals surface area contributed by atoms with Crippen molar-refractivity contribution >= 4 is 27.4 Å². The van der Waals surface area contributed by atoms with E-state index in [0.717, 1.165) is 47.3 Å². The van der Waals surface area contributed by atoms with Crippen LogP contribution in [0.3, 0.4) is 0 Å². The summed E-state index contributed by atoms with van der Waals surface area (Å²) in [7, 11) is 0. The van der Waals surface area contributed by atoms with E-state index < -0.39 is 0 Å². The number of hydrogen-bond acceptors (Lipinski definition) is 5. The zero-order chi connectivity index (χ0) is 14.7. The van der Waals surface area contributed by atoms with Crippen LogP contribution in [0.1, 0.15) is 38.9 Å². The number of anilines is 1. The van der Waals surface area contributed by atoms with Crippen LogP contribution in [0.4, 0.5) is 5.82 Å². The van der Waals surface area contributed by atoms with Gasteiger partial charge in [0, 0.05) is 13.1 Å². The van der Waals surface area contributed by atoms with Crippen LogP contribution in [-0.2, 0) is 6.54 Å². The molecule has 1 N–H and O–H groups in total. The van der Waals surface area contributed by atoms with Crippen molar-refractivity contribution in [3.63, 3.8) is 0 Å². The van der Waals surface area contributed by atoms with E-state index in [-0.39, 0.29) is 0 Å². The zero-order valence-corrected chi connectivity index (χ0v) is 13.7. The first-order valence-electron chi connectivity index (χ1n) is 7.96. The fraction of sp³-hybridized carbons (Fsp3) is 0.625. The van der Waals surface area contributed by atoms with Gasteiger partial charge in [-0.2, -0.15) is 0 Å². The molecule has 1 aliphatic rings. The molecule has 1 fully saturated rings. The summed E-state index contributed by atoms with van der Waals surface area (Å²) in [5.74, 6) is 2.75. The average molecular weight is 304 g/mol. The second kappa shape index (κ2) is 6.71. The number of thiophene rings is 1. The molecular formula is C16H24N4S. The van der Waals surface area contributed by atoms with Crippen LogP contribution in [-0.4, -0.2) is 34.5 Å². The van der Waals surface area contributed by atoms with Crippen molar-refractivity contribution in [1.82, 2.24) is 14.9 Å². The van der Waals surface area contributed by atoms with E-state index in [2.05, 4.69) is 35.5 Å². The van der Waals surface area contributed by atoms with Gasteiger partial charge in [0.2, 0.25) is 0 Å². The van der Waals surface area contributed by atoms with Gasteiger partial charge in [0.15, 0.2) is 0 Å². The Hall–Kier alpha value is -1.20. The Morgan fingerprint density at radius 3 is 3.14 bits per heavy atom. The van der Waals surface area contributed by atoms with Crippen LogP contribution < -0.4 is 5.32 Å². The van der Waals surface area contributed by atoms with Crippen LogP contribution >= 0.6 is 11.3 Å². The molecular weight excluding hydrogens is 280 g/mol. The van der Waals surface area contributed by atoms with Gasteiger partial charge < -0.3 is 5.32 Å². The topological polar surface area (TPSA) is 41.1 Å². The summed E-state index contributed by atoms with van der Waals surface area (Å²) in [6, 6.07) is 2.12. The molecule has 3 heterocycles. The van der Waals surface area contributed by atoms with Crippen molar-refractivity contribution in [2.75, 3.05) is 25.0 Å². The molecule has 2 aromatic heterocycles. The summed E-state index contributed by atoms with van der Waals surface area (Å²) in [5, 5.41) is 6.70. The zero-order valence-electron chi connectivity index (χ0n) is 12.9. The minimum atomic E-state index is 0.793. The van der Waals surface area contributed by atoms with E-state index in [0.29, 0.717) is 0 Å². The molecule has 0 amide bonds. The predicted molar refractivity (Wildman–Crippen MR) is 89.9 cm³/mol. The van der Waals surface area contributed by atoms with Crippen molar-refractivity contribution in [1.29, 1.82) is 0 Å². The number of fused-ring (bicyclic) bond motifs is 1. The number of piperidine rings is 1. The maximum absolute atomic E-state index is 4.77. The molecule has 1 unspecified atom stereocenters. The summed E-state index contributed by atoms with van der Waals surface area (Å²) < 4.78 is 0. The lowest BCUT2D eigenvalue weighted by atomic mass is 10.0. The highest BCUT2D eigenvalue weighted by Gasteiger charge is 2.18. The second-order valence-electron chi connectivity index (χ2n) is 6.04. The minimum absolute atomic E-state index is 0.793. The predicted octanol–water partition coefficient (Wildman–Crippen LogP) is 3.75. The summed E-state index contributed by atoms with van der Waals surface area (Å²) in [5.41, 5.74) is 0. The molecule has 0 spiro atoms. The highest BCUT2D eigenvalue weighted by molar-refractivity contribution is 7.16. The Labute approximate surface area is 130 Å². The summed E-state index contributed by atoms with van der Waals surface area (Å²) in [4.78, 5) is 13.1. The highest BCUT2D eigenvalue weighted by Crippen LogP contribution is 2.26. The molecule has 0 aromatic carbocycles. The van der Waals surface area contributed by atoms with Crippen molar-refractivity contribution in [2.45, 2.75) is 39.7 Å². The molecule has 2 aromatic rings. The van der Waals surface area contributed by atoms with Gasteiger partial charge in [-0.3, -0.25) is 4.90 Å². The lowest BCUT2D eigenvalue weighted by Crippen LogP contribution is -2.34. The van der Waals surface area contributed by atoms with Gasteiger partial charge in [0.1, 0.15) is 16.5 Å².